The number of hydrogen-bond donors (Lipinski definition) is 1. The molecule has 0 saturated heterocycles. The van der Waals surface area contributed by atoms with Gasteiger partial charge in [0.25, 0.3) is 0 Å². The summed E-state index contributed by atoms with van der Waals surface area (Å²) >= 11 is 1.67. The van der Waals surface area contributed by atoms with Crippen LogP contribution in [-0.4, -0.2) is 6.04 Å². The summed E-state index contributed by atoms with van der Waals surface area (Å²) in [5.74, 6) is 0.867. The first kappa shape index (κ1) is 15.1. The van der Waals surface area contributed by atoms with Crippen molar-refractivity contribution in [3.63, 3.8) is 0 Å². The van der Waals surface area contributed by atoms with Crippen LogP contribution in [0.25, 0.3) is 0 Å². The van der Waals surface area contributed by atoms with E-state index in [0.717, 1.165) is 11.3 Å². The lowest BCUT2D eigenvalue weighted by Gasteiger charge is -2.23. The van der Waals surface area contributed by atoms with Gasteiger partial charge in [-0.05, 0) is 46.9 Å². The minimum atomic E-state index is -0.0956. The average Bonchev–Trinajstić information content (AvgIpc) is 2.88. The van der Waals surface area contributed by atoms with Gasteiger partial charge in [-0.1, -0.05) is 32.9 Å². The van der Waals surface area contributed by atoms with E-state index < -0.39 is 0 Å². The summed E-state index contributed by atoms with van der Waals surface area (Å²) in [6.45, 7) is 8.60. The Morgan fingerprint density at radius 2 is 1.75 bits per heavy atom. The number of ether oxygens (including phenoxy) is 1. The molecular formula is C17H23NOS. The van der Waals surface area contributed by atoms with Gasteiger partial charge in [0.05, 0.1) is 0 Å². The second-order valence-corrected chi connectivity index (χ2v) is 7.01. The summed E-state index contributed by atoms with van der Waals surface area (Å²) in [5, 5.41) is 4.15. The Morgan fingerprint density at radius 1 is 1.10 bits per heavy atom. The molecule has 0 saturated carbocycles. The zero-order valence-corrected chi connectivity index (χ0v) is 13.4. The lowest BCUT2D eigenvalue weighted by molar-refractivity contribution is 0.181. The van der Waals surface area contributed by atoms with Gasteiger partial charge in [0.1, 0.15) is 11.9 Å². The van der Waals surface area contributed by atoms with E-state index in [4.69, 9.17) is 10.5 Å². The number of nitrogens with two attached hydrogens (primary N) is 1. The largest absolute Gasteiger partial charge is 0.484 e. The van der Waals surface area contributed by atoms with Crippen molar-refractivity contribution in [2.45, 2.75) is 45.3 Å². The molecule has 0 fully saturated rings. The molecule has 2 rings (SSSR count). The second kappa shape index (κ2) is 5.98. The quantitative estimate of drug-likeness (QED) is 0.898. The Kier molecular flexibility index (Phi) is 4.51. The molecule has 1 aromatic carbocycles. The SMILES string of the molecule is CC(N)C(Oc1ccc(C(C)(C)C)cc1)c1ccsc1. The van der Waals surface area contributed by atoms with Crippen molar-refractivity contribution in [2.75, 3.05) is 0 Å². The minimum absolute atomic E-state index is 0.0492. The van der Waals surface area contributed by atoms with E-state index in [1.54, 1.807) is 11.3 Å². The zero-order valence-electron chi connectivity index (χ0n) is 12.6. The Labute approximate surface area is 125 Å². The molecule has 0 spiro atoms. The summed E-state index contributed by atoms with van der Waals surface area (Å²) in [4.78, 5) is 0. The number of rotatable bonds is 4. The van der Waals surface area contributed by atoms with Gasteiger partial charge in [-0.15, -0.1) is 0 Å². The summed E-state index contributed by atoms with van der Waals surface area (Å²) in [6, 6.07) is 10.3. The Bertz CT molecular complexity index is 523. The summed E-state index contributed by atoms with van der Waals surface area (Å²) in [5.41, 5.74) is 8.66. The topological polar surface area (TPSA) is 35.2 Å². The highest BCUT2D eigenvalue weighted by atomic mass is 32.1. The molecule has 1 aromatic heterocycles. The molecular weight excluding hydrogens is 266 g/mol. The molecule has 0 amide bonds. The Balaban J connectivity index is 2.16. The maximum atomic E-state index is 6.07. The Hall–Kier alpha value is -1.32. The minimum Gasteiger partial charge on any atom is -0.484 e. The first-order valence-electron chi connectivity index (χ1n) is 6.93. The molecule has 2 unspecified atom stereocenters. The van der Waals surface area contributed by atoms with Crippen molar-refractivity contribution in [2.24, 2.45) is 5.73 Å². The van der Waals surface area contributed by atoms with E-state index in [0.29, 0.717) is 0 Å². The molecule has 0 aliphatic carbocycles. The lowest BCUT2D eigenvalue weighted by atomic mass is 9.87. The van der Waals surface area contributed by atoms with Crippen molar-refractivity contribution >= 4 is 11.3 Å². The van der Waals surface area contributed by atoms with Crippen LogP contribution in [0.4, 0.5) is 0 Å². The van der Waals surface area contributed by atoms with Crippen LogP contribution in [0, 0.1) is 0 Å². The maximum absolute atomic E-state index is 6.07. The molecule has 2 N–H and O–H groups in total. The zero-order chi connectivity index (χ0) is 14.8. The predicted molar refractivity (Wildman–Crippen MR) is 86.5 cm³/mol. The fourth-order valence-corrected chi connectivity index (χ4v) is 2.78. The number of thiophene rings is 1. The van der Waals surface area contributed by atoms with Gasteiger partial charge >= 0.3 is 0 Å². The monoisotopic (exact) mass is 289 g/mol. The van der Waals surface area contributed by atoms with Crippen LogP contribution in [0.15, 0.2) is 41.1 Å². The molecule has 108 valence electrons. The van der Waals surface area contributed by atoms with Crippen LogP contribution in [-0.2, 0) is 5.41 Å². The van der Waals surface area contributed by atoms with Gasteiger partial charge in [-0.3, -0.25) is 0 Å². The van der Waals surface area contributed by atoms with Gasteiger partial charge in [0, 0.05) is 11.6 Å². The van der Waals surface area contributed by atoms with Crippen molar-refractivity contribution in [3.05, 3.63) is 52.2 Å². The standard InChI is InChI=1S/C17H23NOS/c1-12(18)16(13-9-10-20-11-13)19-15-7-5-14(6-8-15)17(2,3)4/h5-12,16H,18H2,1-4H3. The normalized spacial score (nSPS) is 14.8. The van der Waals surface area contributed by atoms with Crippen LogP contribution in [0.5, 0.6) is 5.75 Å². The van der Waals surface area contributed by atoms with E-state index in [2.05, 4.69) is 49.7 Å². The number of benzene rings is 1. The van der Waals surface area contributed by atoms with Gasteiger partial charge in [0.2, 0.25) is 0 Å². The van der Waals surface area contributed by atoms with Crippen molar-refractivity contribution < 1.29 is 4.74 Å². The molecule has 3 heteroatoms. The third-order valence-corrected chi connectivity index (χ3v) is 4.03. The third kappa shape index (κ3) is 3.62. The van der Waals surface area contributed by atoms with E-state index in [-0.39, 0.29) is 17.6 Å². The van der Waals surface area contributed by atoms with Crippen molar-refractivity contribution in [1.82, 2.24) is 0 Å². The molecule has 2 nitrogen and oxygen atoms in total. The molecule has 2 aromatic rings. The van der Waals surface area contributed by atoms with Crippen LogP contribution in [0.2, 0.25) is 0 Å². The summed E-state index contributed by atoms with van der Waals surface area (Å²) in [6.07, 6.45) is -0.0956. The highest BCUT2D eigenvalue weighted by Crippen LogP contribution is 2.28. The molecule has 0 aliphatic heterocycles. The molecule has 0 aliphatic rings. The fraction of sp³-hybridized carbons (Fsp3) is 0.412. The lowest BCUT2D eigenvalue weighted by Crippen LogP contribution is -2.28. The summed E-state index contributed by atoms with van der Waals surface area (Å²) < 4.78 is 6.07. The smallest absolute Gasteiger partial charge is 0.139 e. The van der Waals surface area contributed by atoms with Gasteiger partial charge < -0.3 is 10.5 Å². The number of hydrogen-bond acceptors (Lipinski definition) is 3. The molecule has 2 atom stereocenters. The predicted octanol–water partition coefficient (Wildman–Crippen LogP) is 4.51. The third-order valence-electron chi connectivity index (χ3n) is 3.33. The van der Waals surface area contributed by atoms with E-state index in [1.165, 1.54) is 5.56 Å². The van der Waals surface area contributed by atoms with Crippen LogP contribution < -0.4 is 10.5 Å². The van der Waals surface area contributed by atoms with E-state index >= 15 is 0 Å². The highest BCUT2D eigenvalue weighted by Gasteiger charge is 2.19. The van der Waals surface area contributed by atoms with Crippen LogP contribution >= 0.6 is 11.3 Å². The molecule has 0 bridgehead atoms. The van der Waals surface area contributed by atoms with Crippen LogP contribution in [0.3, 0.4) is 0 Å². The van der Waals surface area contributed by atoms with Gasteiger partial charge in [0.15, 0.2) is 0 Å². The first-order valence-corrected chi connectivity index (χ1v) is 7.87. The molecule has 0 radical (unpaired) electrons. The molecule has 20 heavy (non-hydrogen) atoms. The molecule has 1 heterocycles. The Morgan fingerprint density at radius 3 is 2.20 bits per heavy atom. The maximum Gasteiger partial charge on any atom is 0.139 e. The summed E-state index contributed by atoms with van der Waals surface area (Å²) in [7, 11) is 0. The van der Waals surface area contributed by atoms with Crippen LogP contribution in [0.1, 0.15) is 44.9 Å². The van der Waals surface area contributed by atoms with Gasteiger partial charge in [-0.25, -0.2) is 0 Å². The fourth-order valence-electron chi connectivity index (χ4n) is 2.10. The van der Waals surface area contributed by atoms with Crippen molar-refractivity contribution in [3.8, 4) is 5.75 Å². The average molecular weight is 289 g/mol. The van der Waals surface area contributed by atoms with E-state index in [9.17, 15) is 0 Å². The second-order valence-electron chi connectivity index (χ2n) is 6.23. The van der Waals surface area contributed by atoms with Gasteiger partial charge in [-0.2, -0.15) is 11.3 Å². The van der Waals surface area contributed by atoms with Crippen molar-refractivity contribution in [1.29, 1.82) is 0 Å². The van der Waals surface area contributed by atoms with E-state index in [1.807, 2.05) is 19.1 Å². The highest BCUT2D eigenvalue weighted by molar-refractivity contribution is 7.07. The first-order chi connectivity index (χ1) is 9.38.